The number of ether oxygens (including phenoxy) is 1. The van der Waals surface area contributed by atoms with Gasteiger partial charge >= 0.3 is 5.97 Å². The summed E-state index contributed by atoms with van der Waals surface area (Å²) in [5.74, 6) is -0.873. The fourth-order valence-corrected chi connectivity index (χ4v) is 4.37. The maximum Gasteiger partial charge on any atom is 0.320 e. The lowest BCUT2D eigenvalue weighted by Crippen LogP contribution is -2.36. The van der Waals surface area contributed by atoms with Crippen molar-refractivity contribution in [3.8, 4) is 0 Å². The molecule has 1 aliphatic rings. The monoisotopic (exact) mass is 433 g/mol. The van der Waals surface area contributed by atoms with Gasteiger partial charge in [-0.3, -0.25) is 9.59 Å². The van der Waals surface area contributed by atoms with Crippen molar-refractivity contribution in [3.05, 3.63) is 24.3 Å². The average molecular weight is 434 g/mol. The number of hydrogen-bond acceptors (Lipinski definition) is 6. The summed E-state index contributed by atoms with van der Waals surface area (Å²) in [7, 11) is -2.72. The van der Waals surface area contributed by atoms with Crippen molar-refractivity contribution in [1.29, 1.82) is 0 Å². The zero-order valence-corrected chi connectivity index (χ0v) is 17.5. The van der Waals surface area contributed by atoms with Gasteiger partial charge in [-0.2, -0.15) is 4.72 Å². The Morgan fingerprint density at radius 3 is 2.50 bits per heavy atom. The SMILES string of the molecule is COC(=O)CNS(=O)(=O)c1cccc(NC(=O)CC2(CN)CCCCC2)c1.Cl. The van der Waals surface area contributed by atoms with Crippen molar-refractivity contribution in [2.45, 2.75) is 43.4 Å². The number of esters is 1. The maximum atomic E-state index is 12.5. The summed E-state index contributed by atoms with van der Waals surface area (Å²) in [6.45, 7) is 0.000721. The largest absolute Gasteiger partial charge is 0.468 e. The number of halogens is 1. The third-order valence-corrected chi connectivity index (χ3v) is 6.34. The van der Waals surface area contributed by atoms with Crippen LogP contribution in [-0.4, -0.2) is 40.5 Å². The predicted molar refractivity (Wildman–Crippen MR) is 109 cm³/mol. The molecule has 10 heteroatoms. The van der Waals surface area contributed by atoms with Crippen molar-refractivity contribution < 1.29 is 22.7 Å². The molecule has 1 fully saturated rings. The van der Waals surface area contributed by atoms with Crippen LogP contribution in [0.2, 0.25) is 0 Å². The molecule has 1 amide bonds. The average Bonchev–Trinajstić information content (AvgIpc) is 2.67. The zero-order valence-electron chi connectivity index (χ0n) is 15.9. The molecule has 0 saturated heterocycles. The van der Waals surface area contributed by atoms with Crippen molar-refractivity contribution in [2.75, 3.05) is 25.5 Å². The molecule has 8 nitrogen and oxygen atoms in total. The van der Waals surface area contributed by atoms with Gasteiger partial charge in [0.15, 0.2) is 0 Å². The van der Waals surface area contributed by atoms with Gasteiger partial charge in [0.25, 0.3) is 0 Å². The molecule has 2 rings (SSSR count). The van der Waals surface area contributed by atoms with Crippen LogP contribution < -0.4 is 15.8 Å². The highest BCUT2D eigenvalue weighted by Crippen LogP contribution is 2.38. The lowest BCUT2D eigenvalue weighted by molar-refractivity contribution is -0.139. The quantitative estimate of drug-likeness (QED) is 0.536. The van der Waals surface area contributed by atoms with Crippen LogP contribution in [0.15, 0.2) is 29.2 Å². The third-order valence-electron chi connectivity index (χ3n) is 4.95. The van der Waals surface area contributed by atoms with Gasteiger partial charge in [0.1, 0.15) is 6.54 Å². The molecule has 0 aliphatic heterocycles. The minimum atomic E-state index is -3.89. The van der Waals surface area contributed by atoms with E-state index in [1.165, 1.54) is 31.7 Å². The van der Waals surface area contributed by atoms with Gasteiger partial charge < -0.3 is 15.8 Å². The van der Waals surface area contributed by atoms with E-state index in [9.17, 15) is 18.0 Å². The number of benzene rings is 1. The molecule has 0 aromatic heterocycles. The second-order valence-corrected chi connectivity index (χ2v) is 8.69. The molecule has 28 heavy (non-hydrogen) atoms. The molecule has 1 aliphatic carbocycles. The number of nitrogens with two attached hydrogens (primary N) is 1. The molecule has 0 bridgehead atoms. The van der Waals surface area contributed by atoms with Crippen LogP contribution in [0.25, 0.3) is 0 Å². The van der Waals surface area contributed by atoms with Gasteiger partial charge in [0.2, 0.25) is 15.9 Å². The summed E-state index contributed by atoms with van der Waals surface area (Å²) < 4.78 is 31.1. The summed E-state index contributed by atoms with van der Waals surface area (Å²) in [4.78, 5) is 23.6. The minimum absolute atomic E-state index is 0. The Morgan fingerprint density at radius 2 is 1.89 bits per heavy atom. The zero-order chi connectivity index (χ0) is 19.9. The first-order valence-corrected chi connectivity index (χ1v) is 10.4. The number of anilines is 1. The molecule has 0 unspecified atom stereocenters. The highest BCUT2D eigenvalue weighted by atomic mass is 35.5. The van der Waals surface area contributed by atoms with Crippen LogP contribution in [0, 0.1) is 5.41 Å². The topological polar surface area (TPSA) is 128 Å². The van der Waals surface area contributed by atoms with Crippen LogP contribution in [0.3, 0.4) is 0 Å². The number of carbonyl (C=O) groups is 2. The number of rotatable bonds is 8. The highest BCUT2D eigenvalue weighted by Gasteiger charge is 2.33. The number of nitrogens with one attached hydrogen (secondary N) is 2. The second kappa shape index (κ2) is 10.8. The number of sulfonamides is 1. The molecule has 1 saturated carbocycles. The van der Waals surface area contributed by atoms with E-state index in [4.69, 9.17) is 5.73 Å². The summed E-state index contributed by atoms with van der Waals surface area (Å²) in [5.41, 5.74) is 6.13. The Labute approximate surface area is 172 Å². The maximum absolute atomic E-state index is 12.5. The van der Waals surface area contributed by atoms with Crippen LogP contribution in [0.4, 0.5) is 5.69 Å². The van der Waals surface area contributed by atoms with Gasteiger partial charge in [-0.05, 0) is 43.0 Å². The first-order valence-electron chi connectivity index (χ1n) is 8.97. The van der Waals surface area contributed by atoms with E-state index in [0.717, 1.165) is 25.7 Å². The Hall–Kier alpha value is -1.68. The van der Waals surface area contributed by atoms with E-state index < -0.39 is 22.5 Å². The molecule has 158 valence electrons. The summed E-state index contributed by atoms with van der Waals surface area (Å²) in [5, 5.41) is 2.76. The molecule has 1 aromatic rings. The van der Waals surface area contributed by atoms with E-state index in [1.807, 2.05) is 0 Å². The van der Waals surface area contributed by atoms with Crippen molar-refractivity contribution >= 4 is 40.0 Å². The summed E-state index contributed by atoms with van der Waals surface area (Å²) in [6.07, 6.45) is 5.50. The summed E-state index contributed by atoms with van der Waals surface area (Å²) >= 11 is 0. The number of methoxy groups -OCH3 is 1. The van der Waals surface area contributed by atoms with Crippen LogP contribution in [-0.2, 0) is 24.3 Å². The second-order valence-electron chi connectivity index (χ2n) is 6.92. The van der Waals surface area contributed by atoms with E-state index in [2.05, 4.69) is 14.8 Å². The Kier molecular flexibility index (Phi) is 9.35. The first kappa shape index (κ1) is 24.4. The molecule has 0 heterocycles. The van der Waals surface area contributed by atoms with E-state index >= 15 is 0 Å². The van der Waals surface area contributed by atoms with E-state index in [1.54, 1.807) is 6.07 Å². The Balaban J connectivity index is 0.00000392. The Bertz CT molecular complexity index is 779. The fraction of sp³-hybridized carbons (Fsp3) is 0.556. The van der Waals surface area contributed by atoms with Gasteiger partial charge in [0.05, 0.1) is 12.0 Å². The molecule has 1 aromatic carbocycles. The smallest absolute Gasteiger partial charge is 0.320 e. The molecule has 4 N–H and O–H groups in total. The van der Waals surface area contributed by atoms with Crippen LogP contribution >= 0.6 is 12.4 Å². The molecular formula is C18H28ClN3O5S. The molecule has 0 atom stereocenters. The predicted octanol–water partition coefficient (Wildman–Crippen LogP) is 1.80. The van der Waals surface area contributed by atoms with Crippen molar-refractivity contribution in [3.63, 3.8) is 0 Å². The molecule has 0 radical (unpaired) electrons. The van der Waals surface area contributed by atoms with Gasteiger partial charge in [-0.15, -0.1) is 12.4 Å². The normalized spacial score (nSPS) is 15.9. The van der Waals surface area contributed by atoms with Crippen molar-refractivity contribution in [2.24, 2.45) is 11.1 Å². The van der Waals surface area contributed by atoms with E-state index in [-0.39, 0.29) is 28.6 Å². The lowest BCUT2D eigenvalue weighted by Gasteiger charge is -2.35. The number of amides is 1. The number of hydrogen-bond donors (Lipinski definition) is 3. The standard InChI is InChI=1S/C18H27N3O5S.ClH/c1-26-17(23)12-20-27(24,25)15-7-5-6-14(10-15)21-16(22)11-18(13-19)8-3-2-4-9-18;/h5-7,10,20H,2-4,8-9,11-13,19H2,1H3,(H,21,22);1H. The fourth-order valence-electron chi connectivity index (χ4n) is 3.35. The van der Waals surface area contributed by atoms with Crippen LogP contribution in [0.5, 0.6) is 0 Å². The van der Waals surface area contributed by atoms with Crippen LogP contribution in [0.1, 0.15) is 38.5 Å². The Morgan fingerprint density at radius 1 is 1.21 bits per heavy atom. The molecule has 0 spiro atoms. The first-order chi connectivity index (χ1) is 12.8. The molecular weight excluding hydrogens is 406 g/mol. The summed E-state index contributed by atoms with van der Waals surface area (Å²) in [6, 6.07) is 5.89. The third kappa shape index (κ3) is 6.73. The van der Waals surface area contributed by atoms with E-state index in [0.29, 0.717) is 18.7 Å². The highest BCUT2D eigenvalue weighted by molar-refractivity contribution is 7.89. The van der Waals surface area contributed by atoms with Gasteiger partial charge in [-0.1, -0.05) is 25.3 Å². The van der Waals surface area contributed by atoms with Gasteiger partial charge in [0, 0.05) is 12.1 Å². The minimum Gasteiger partial charge on any atom is -0.468 e. The van der Waals surface area contributed by atoms with Gasteiger partial charge in [-0.25, -0.2) is 8.42 Å². The lowest BCUT2D eigenvalue weighted by atomic mass is 9.71. The number of carbonyl (C=O) groups excluding carboxylic acids is 2. The van der Waals surface area contributed by atoms with Crippen molar-refractivity contribution in [1.82, 2.24) is 4.72 Å².